The van der Waals surface area contributed by atoms with E-state index in [1.165, 1.54) is 17.7 Å². The minimum absolute atomic E-state index is 0.536. The molecule has 2 aromatic heterocycles. The van der Waals surface area contributed by atoms with Gasteiger partial charge in [0.15, 0.2) is 0 Å². The van der Waals surface area contributed by atoms with Crippen LogP contribution in [0.4, 0.5) is 20.3 Å². The highest BCUT2D eigenvalue weighted by Gasteiger charge is 1.95. The van der Waals surface area contributed by atoms with E-state index >= 15 is 0 Å². The molecule has 0 radical (unpaired) electrons. The van der Waals surface area contributed by atoms with Crippen molar-refractivity contribution in [2.45, 2.75) is 0 Å². The molecule has 0 aliphatic heterocycles. The van der Waals surface area contributed by atoms with Crippen molar-refractivity contribution in [3.8, 4) is 0 Å². The van der Waals surface area contributed by atoms with Gasteiger partial charge in [-0.2, -0.15) is 0 Å². The molecule has 0 unspecified atom stereocenters. The third-order valence-corrected chi connectivity index (χ3v) is 2.94. The number of carbonyl (C=O) groups excluding carboxylic acids is 2. The van der Waals surface area contributed by atoms with Crippen molar-refractivity contribution in [1.29, 1.82) is 0 Å². The van der Waals surface area contributed by atoms with E-state index in [1.807, 2.05) is 23.6 Å². The van der Waals surface area contributed by atoms with Crippen molar-refractivity contribution in [2.75, 3.05) is 10.6 Å². The van der Waals surface area contributed by atoms with Gasteiger partial charge in [0, 0.05) is 22.6 Å². The monoisotopic (exact) mass is 366 g/mol. The lowest BCUT2D eigenvalue weighted by Crippen LogP contribution is -2.18. The summed E-state index contributed by atoms with van der Waals surface area (Å²) in [6.07, 6.45) is 3.08. The Kier molecular flexibility index (Phi) is 9.03. The summed E-state index contributed by atoms with van der Waals surface area (Å²) in [5.41, 5.74) is 10.4. The van der Waals surface area contributed by atoms with Crippen LogP contribution >= 0.6 is 23.1 Å². The van der Waals surface area contributed by atoms with Crippen LogP contribution in [0.3, 0.4) is 0 Å². The summed E-state index contributed by atoms with van der Waals surface area (Å²) in [5, 5.41) is 14.1. The van der Waals surface area contributed by atoms with E-state index in [0.29, 0.717) is 5.00 Å². The van der Waals surface area contributed by atoms with E-state index in [4.69, 9.17) is 11.5 Å². The molecule has 0 aliphatic rings. The Hall–Kier alpha value is -3.12. The van der Waals surface area contributed by atoms with Gasteiger partial charge in [0.1, 0.15) is 5.00 Å². The predicted octanol–water partition coefficient (Wildman–Crippen LogP) is 1.74. The van der Waals surface area contributed by atoms with Crippen LogP contribution < -0.4 is 22.1 Å². The molecular formula is C12H14N8O2S2. The third-order valence-electron chi connectivity index (χ3n) is 1.93. The fourth-order valence-electron chi connectivity index (χ4n) is 1.14. The number of benzene rings is 1. The first-order chi connectivity index (χ1) is 11.6. The summed E-state index contributed by atoms with van der Waals surface area (Å²) in [6.45, 7) is 0. The van der Waals surface area contributed by atoms with Crippen LogP contribution in [-0.4, -0.2) is 31.2 Å². The van der Waals surface area contributed by atoms with Crippen LogP contribution in [0.25, 0.3) is 0 Å². The Morgan fingerprint density at radius 3 is 2.08 bits per heavy atom. The topological polar surface area (TPSA) is 162 Å². The van der Waals surface area contributed by atoms with E-state index in [1.54, 1.807) is 18.3 Å². The molecule has 4 amide bonds. The van der Waals surface area contributed by atoms with E-state index in [2.05, 4.69) is 29.8 Å². The first-order valence-corrected chi connectivity index (χ1v) is 7.85. The number of carbonyl (C=O) groups is 2. The number of nitrogens with one attached hydrogen (secondary N) is 2. The van der Waals surface area contributed by atoms with Crippen molar-refractivity contribution in [3.63, 3.8) is 0 Å². The number of nitrogens with two attached hydrogens (primary N) is 2. The van der Waals surface area contributed by atoms with Crippen LogP contribution in [0.1, 0.15) is 0 Å². The van der Waals surface area contributed by atoms with Crippen molar-refractivity contribution in [2.24, 2.45) is 11.5 Å². The number of urea groups is 2. The quantitative estimate of drug-likeness (QED) is 0.540. The van der Waals surface area contributed by atoms with E-state index < -0.39 is 12.1 Å². The number of amides is 4. The van der Waals surface area contributed by atoms with Gasteiger partial charge in [0.05, 0.1) is 12.4 Å². The zero-order valence-electron chi connectivity index (χ0n) is 12.2. The summed E-state index contributed by atoms with van der Waals surface area (Å²) < 4.78 is 7.01. The van der Waals surface area contributed by atoms with E-state index in [0.717, 1.165) is 17.2 Å². The molecular weight excluding hydrogens is 352 g/mol. The van der Waals surface area contributed by atoms with Crippen LogP contribution in [-0.2, 0) is 0 Å². The first-order valence-electron chi connectivity index (χ1n) is 6.24. The summed E-state index contributed by atoms with van der Waals surface area (Å²) in [5.74, 6) is 0. The molecule has 0 bridgehead atoms. The lowest BCUT2D eigenvalue weighted by molar-refractivity contribution is 0.258. The standard InChI is InChI=1S/C7H8N2O.C3H4N4OS.C2H2N2S/c8-7(10)9-6-4-2-1-3-5-6;4-3(8)6-2-1-5-7-9-2;1-2-5-4-3-1/h1-5H,(H3,8,9,10);1H,(H3,4,6,8);1-2H. The van der Waals surface area contributed by atoms with Gasteiger partial charge < -0.3 is 16.8 Å². The van der Waals surface area contributed by atoms with Gasteiger partial charge in [-0.15, -0.1) is 10.2 Å². The number of aromatic nitrogens is 4. The van der Waals surface area contributed by atoms with Crippen LogP contribution in [0, 0.1) is 0 Å². The number of hydrogen-bond donors (Lipinski definition) is 4. The Bertz CT molecular complexity index is 674. The molecule has 126 valence electrons. The second-order valence-corrected chi connectivity index (χ2v) is 5.15. The second kappa shape index (κ2) is 11.4. The summed E-state index contributed by atoms with van der Waals surface area (Å²) in [6, 6.07) is 7.92. The molecule has 10 nitrogen and oxygen atoms in total. The minimum atomic E-state index is -0.596. The number of para-hydroxylation sites is 1. The maximum absolute atomic E-state index is 10.3. The summed E-state index contributed by atoms with van der Waals surface area (Å²) >= 11 is 2.43. The highest BCUT2D eigenvalue weighted by molar-refractivity contribution is 7.10. The van der Waals surface area contributed by atoms with Gasteiger partial charge in [0.25, 0.3) is 0 Å². The Morgan fingerprint density at radius 1 is 0.958 bits per heavy atom. The van der Waals surface area contributed by atoms with Crippen LogP contribution in [0.5, 0.6) is 0 Å². The molecule has 0 fully saturated rings. The number of anilines is 2. The molecule has 3 aromatic rings. The molecule has 3 rings (SSSR count). The predicted molar refractivity (Wildman–Crippen MR) is 92.7 cm³/mol. The Labute approximate surface area is 145 Å². The van der Waals surface area contributed by atoms with Gasteiger partial charge in [0.2, 0.25) is 0 Å². The number of hydrogen-bond acceptors (Lipinski definition) is 8. The van der Waals surface area contributed by atoms with Gasteiger partial charge in [-0.25, -0.2) is 9.59 Å². The van der Waals surface area contributed by atoms with Gasteiger partial charge in [-0.1, -0.05) is 27.2 Å². The van der Waals surface area contributed by atoms with E-state index in [9.17, 15) is 9.59 Å². The number of primary amides is 2. The molecule has 24 heavy (non-hydrogen) atoms. The number of nitrogens with zero attached hydrogens (tertiary/aromatic N) is 4. The summed E-state index contributed by atoms with van der Waals surface area (Å²) in [7, 11) is 0. The zero-order valence-corrected chi connectivity index (χ0v) is 13.8. The Balaban J connectivity index is 0.000000189. The molecule has 12 heteroatoms. The van der Waals surface area contributed by atoms with Gasteiger partial charge >= 0.3 is 12.1 Å². The van der Waals surface area contributed by atoms with Gasteiger partial charge in [-0.3, -0.25) is 5.32 Å². The molecule has 0 saturated carbocycles. The maximum atomic E-state index is 10.3. The largest absolute Gasteiger partial charge is 0.351 e. The summed E-state index contributed by atoms with van der Waals surface area (Å²) in [4.78, 5) is 20.4. The minimum Gasteiger partial charge on any atom is -0.351 e. The van der Waals surface area contributed by atoms with Crippen molar-refractivity contribution >= 4 is 45.8 Å². The van der Waals surface area contributed by atoms with Crippen molar-refractivity contribution in [1.82, 2.24) is 19.2 Å². The maximum Gasteiger partial charge on any atom is 0.317 e. The lowest BCUT2D eigenvalue weighted by Gasteiger charge is -1.97. The SMILES string of the molecule is NC(=O)Nc1ccccc1.NC(=O)Nc1cnns1.c1csnn1. The highest BCUT2D eigenvalue weighted by atomic mass is 32.1. The zero-order chi connectivity index (χ0) is 17.6. The second-order valence-electron chi connectivity index (χ2n) is 3.71. The average molecular weight is 366 g/mol. The van der Waals surface area contributed by atoms with Crippen LogP contribution in [0.15, 0.2) is 48.1 Å². The highest BCUT2D eigenvalue weighted by Crippen LogP contribution is 2.07. The molecule has 0 spiro atoms. The smallest absolute Gasteiger partial charge is 0.317 e. The molecule has 0 saturated heterocycles. The van der Waals surface area contributed by atoms with Crippen LogP contribution in [0.2, 0.25) is 0 Å². The number of rotatable bonds is 2. The van der Waals surface area contributed by atoms with Gasteiger partial charge in [-0.05, 0) is 23.7 Å². The van der Waals surface area contributed by atoms with Crippen molar-refractivity contribution in [3.05, 3.63) is 48.1 Å². The molecule has 2 heterocycles. The lowest BCUT2D eigenvalue weighted by atomic mass is 10.3. The molecule has 1 aromatic carbocycles. The fraction of sp³-hybridized carbons (Fsp3) is 0. The molecule has 0 atom stereocenters. The average Bonchev–Trinajstić information content (AvgIpc) is 3.24. The Morgan fingerprint density at radius 2 is 1.67 bits per heavy atom. The first kappa shape index (κ1) is 18.9. The molecule has 6 N–H and O–H groups in total. The van der Waals surface area contributed by atoms with Crippen molar-refractivity contribution < 1.29 is 9.59 Å². The van der Waals surface area contributed by atoms with E-state index in [-0.39, 0.29) is 0 Å². The molecule has 0 aliphatic carbocycles. The normalized spacial score (nSPS) is 8.67. The third kappa shape index (κ3) is 9.75. The fourth-order valence-corrected chi connectivity index (χ4v) is 1.84.